The zero-order valence-electron chi connectivity index (χ0n) is 12.3. The third-order valence-electron chi connectivity index (χ3n) is 3.47. The number of hydrogen-bond acceptors (Lipinski definition) is 7. The Morgan fingerprint density at radius 1 is 1.17 bits per heavy atom. The predicted octanol–water partition coefficient (Wildman–Crippen LogP) is 3.69. The summed E-state index contributed by atoms with van der Waals surface area (Å²) in [5.74, 6) is 0.818. The summed E-state index contributed by atoms with van der Waals surface area (Å²) in [5, 5.41) is 11.6. The standard InChI is InChI=1S/C16H15N5S2/c1-3-11(8-17-4-1)14-7-12(9-22-14)13-10-23-16(20-13)21-15-18-5-2-6-19-15/h1,3-4,7-10H,2,5-6H2,(H2,18,19,20,21). The molecule has 116 valence electrons. The molecule has 3 aromatic rings. The summed E-state index contributed by atoms with van der Waals surface area (Å²) in [6.45, 7) is 1.83. The topological polar surface area (TPSA) is 62.2 Å². The molecular formula is C16H15N5S2. The number of pyridine rings is 1. The van der Waals surface area contributed by atoms with Crippen LogP contribution in [0.5, 0.6) is 0 Å². The molecule has 5 nitrogen and oxygen atoms in total. The third-order valence-corrected chi connectivity index (χ3v) is 5.21. The number of thiophene rings is 1. The number of rotatable bonds is 3. The van der Waals surface area contributed by atoms with Crippen molar-refractivity contribution in [3.05, 3.63) is 41.4 Å². The molecule has 23 heavy (non-hydrogen) atoms. The lowest BCUT2D eigenvalue weighted by Gasteiger charge is -2.14. The van der Waals surface area contributed by atoms with Crippen molar-refractivity contribution >= 4 is 33.8 Å². The van der Waals surface area contributed by atoms with Gasteiger partial charge in [-0.1, -0.05) is 6.07 Å². The van der Waals surface area contributed by atoms with E-state index in [1.807, 2.05) is 12.3 Å². The fourth-order valence-corrected chi connectivity index (χ4v) is 3.93. The zero-order valence-corrected chi connectivity index (χ0v) is 14.0. The van der Waals surface area contributed by atoms with Crippen LogP contribution in [-0.2, 0) is 0 Å². The molecule has 0 aliphatic carbocycles. The normalized spacial score (nSPS) is 14.2. The molecule has 1 aliphatic rings. The van der Waals surface area contributed by atoms with Crippen LogP contribution in [0.2, 0.25) is 0 Å². The van der Waals surface area contributed by atoms with Gasteiger partial charge in [0.15, 0.2) is 11.1 Å². The van der Waals surface area contributed by atoms with Gasteiger partial charge in [-0.15, -0.1) is 22.7 Å². The van der Waals surface area contributed by atoms with E-state index >= 15 is 0 Å². The van der Waals surface area contributed by atoms with Gasteiger partial charge in [0.1, 0.15) is 0 Å². The number of thiazole rings is 1. The first-order chi connectivity index (χ1) is 11.4. The van der Waals surface area contributed by atoms with Crippen molar-refractivity contribution in [2.45, 2.75) is 6.42 Å². The van der Waals surface area contributed by atoms with Crippen molar-refractivity contribution in [1.29, 1.82) is 0 Å². The number of nitrogens with one attached hydrogen (secondary N) is 2. The Morgan fingerprint density at radius 3 is 3.00 bits per heavy atom. The molecule has 4 heterocycles. The van der Waals surface area contributed by atoms with Gasteiger partial charge in [-0.3, -0.25) is 9.98 Å². The smallest absolute Gasteiger partial charge is 0.197 e. The lowest BCUT2D eigenvalue weighted by atomic mass is 10.2. The second-order valence-corrected chi connectivity index (χ2v) is 6.88. The second kappa shape index (κ2) is 6.47. The molecule has 7 heteroatoms. The van der Waals surface area contributed by atoms with E-state index in [1.54, 1.807) is 28.9 Å². The van der Waals surface area contributed by atoms with E-state index in [2.05, 4.69) is 48.5 Å². The van der Waals surface area contributed by atoms with Gasteiger partial charge in [0.25, 0.3) is 0 Å². The fraction of sp³-hybridized carbons (Fsp3) is 0.188. The van der Waals surface area contributed by atoms with Crippen molar-refractivity contribution in [3.8, 4) is 21.7 Å². The number of aromatic nitrogens is 2. The summed E-state index contributed by atoms with van der Waals surface area (Å²) in [6, 6.07) is 6.19. The summed E-state index contributed by atoms with van der Waals surface area (Å²) >= 11 is 3.30. The van der Waals surface area contributed by atoms with E-state index in [0.29, 0.717) is 0 Å². The van der Waals surface area contributed by atoms with Crippen molar-refractivity contribution in [3.63, 3.8) is 0 Å². The van der Waals surface area contributed by atoms with Gasteiger partial charge in [-0.2, -0.15) is 0 Å². The van der Waals surface area contributed by atoms with Crippen LogP contribution in [0.3, 0.4) is 0 Å². The highest BCUT2D eigenvalue weighted by Crippen LogP contribution is 2.33. The Hall–Kier alpha value is -2.25. The highest BCUT2D eigenvalue weighted by atomic mass is 32.1. The number of nitrogens with zero attached hydrogens (tertiary/aromatic N) is 3. The first kappa shape index (κ1) is 14.3. The molecule has 0 atom stereocenters. The first-order valence-corrected chi connectivity index (χ1v) is 9.14. The third kappa shape index (κ3) is 3.25. The van der Waals surface area contributed by atoms with E-state index in [0.717, 1.165) is 47.4 Å². The molecule has 0 saturated carbocycles. The molecule has 0 bridgehead atoms. The molecule has 0 spiro atoms. The van der Waals surface area contributed by atoms with E-state index in [1.165, 1.54) is 4.88 Å². The van der Waals surface area contributed by atoms with Crippen LogP contribution in [0.4, 0.5) is 5.13 Å². The van der Waals surface area contributed by atoms with Gasteiger partial charge in [0, 0.05) is 52.2 Å². The minimum Gasteiger partial charge on any atom is -0.356 e. The molecule has 0 amide bonds. The summed E-state index contributed by atoms with van der Waals surface area (Å²) in [5.41, 5.74) is 3.26. The fourth-order valence-electron chi connectivity index (χ4n) is 2.31. The van der Waals surface area contributed by atoms with Crippen LogP contribution in [0, 0.1) is 0 Å². The van der Waals surface area contributed by atoms with Crippen LogP contribution >= 0.6 is 22.7 Å². The van der Waals surface area contributed by atoms with Gasteiger partial charge in [-0.05, 0) is 18.6 Å². The van der Waals surface area contributed by atoms with E-state index in [9.17, 15) is 0 Å². The van der Waals surface area contributed by atoms with E-state index in [4.69, 9.17) is 0 Å². The Labute approximate surface area is 142 Å². The molecule has 0 radical (unpaired) electrons. The lowest BCUT2D eigenvalue weighted by Crippen LogP contribution is -2.35. The Balaban J connectivity index is 1.53. The van der Waals surface area contributed by atoms with Crippen molar-refractivity contribution in [2.24, 2.45) is 4.99 Å². The number of hydrogen-bond donors (Lipinski definition) is 2. The van der Waals surface area contributed by atoms with Gasteiger partial charge < -0.3 is 10.6 Å². The van der Waals surface area contributed by atoms with E-state index < -0.39 is 0 Å². The predicted molar refractivity (Wildman–Crippen MR) is 97.2 cm³/mol. The Bertz CT molecular complexity index is 822. The summed E-state index contributed by atoms with van der Waals surface area (Å²) in [4.78, 5) is 14.4. The summed E-state index contributed by atoms with van der Waals surface area (Å²) < 4.78 is 0. The largest absolute Gasteiger partial charge is 0.356 e. The maximum Gasteiger partial charge on any atom is 0.197 e. The maximum atomic E-state index is 4.66. The molecule has 2 N–H and O–H groups in total. The monoisotopic (exact) mass is 341 g/mol. The van der Waals surface area contributed by atoms with Crippen LogP contribution in [-0.4, -0.2) is 29.0 Å². The van der Waals surface area contributed by atoms with Crippen LogP contribution < -0.4 is 10.6 Å². The minimum absolute atomic E-state index is 0.818. The number of guanidine groups is 1. The van der Waals surface area contributed by atoms with Crippen LogP contribution in [0.1, 0.15) is 6.42 Å². The quantitative estimate of drug-likeness (QED) is 0.762. The SMILES string of the molecule is c1cncc(-c2cc(-c3csc(NC4=NCCCN4)n3)cs2)c1. The average molecular weight is 341 g/mol. The lowest BCUT2D eigenvalue weighted by molar-refractivity contribution is 0.740. The average Bonchev–Trinajstić information content (AvgIpc) is 3.26. The van der Waals surface area contributed by atoms with Gasteiger partial charge in [0.2, 0.25) is 0 Å². The second-order valence-electron chi connectivity index (χ2n) is 5.11. The van der Waals surface area contributed by atoms with Gasteiger partial charge in [0.05, 0.1) is 5.69 Å². The maximum absolute atomic E-state index is 4.66. The molecule has 0 aromatic carbocycles. The number of anilines is 1. The van der Waals surface area contributed by atoms with Crippen molar-refractivity contribution in [1.82, 2.24) is 15.3 Å². The molecular weight excluding hydrogens is 326 g/mol. The Morgan fingerprint density at radius 2 is 2.17 bits per heavy atom. The molecule has 3 aromatic heterocycles. The first-order valence-electron chi connectivity index (χ1n) is 7.39. The molecule has 0 unspecified atom stereocenters. The number of aliphatic imine (C=N–C) groups is 1. The molecule has 0 fully saturated rings. The van der Waals surface area contributed by atoms with Gasteiger partial charge in [-0.25, -0.2) is 4.98 Å². The van der Waals surface area contributed by atoms with Crippen molar-refractivity contribution in [2.75, 3.05) is 18.4 Å². The Kier molecular flexibility index (Phi) is 4.04. The highest BCUT2D eigenvalue weighted by Gasteiger charge is 2.10. The van der Waals surface area contributed by atoms with Crippen LogP contribution in [0.25, 0.3) is 21.7 Å². The molecule has 4 rings (SSSR count). The van der Waals surface area contributed by atoms with E-state index in [-0.39, 0.29) is 0 Å². The van der Waals surface area contributed by atoms with Crippen molar-refractivity contribution < 1.29 is 0 Å². The minimum atomic E-state index is 0.818. The summed E-state index contributed by atoms with van der Waals surface area (Å²) in [7, 11) is 0. The summed E-state index contributed by atoms with van der Waals surface area (Å²) in [6.07, 6.45) is 4.76. The molecule has 0 saturated heterocycles. The molecule has 1 aliphatic heterocycles. The van der Waals surface area contributed by atoms with Crippen LogP contribution in [0.15, 0.2) is 46.3 Å². The zero-order chi connectivity index (χ0) is 15.5. The highest BCUT2D eigenvalue weighted by molar-refractivity contribution is 7.15. The van der Waals surface area contributed by atoms with Gasteiger partial charge >= 0.3 is 0 Å².